The molecule has 0 amide bonds. The lowest BCUT2D eigenvalue weighted by molar-refractivity contribution is -0.384. The highest BCUT2D eigenvalue weighted by atomic mass is 32.2. The first-order chi connectivity index (χ1) is 13.8. The standard InChI is InChI=1S/C19H20F2N2O5S/c20-19(21)29(26,27)15-8-9-16(17(11-15)23(24)25)22-12-14-7-4-10-28-18(14)13-5-2-1-3-6-13/h1-3,5-6,8-9,11,14,18-19,22H,4,7,10,12H2. The van der Waals surface area contributed by atoms with E-state index in [2.05, 4.69) is 5.32 Å². The summed E-state index contributed by atoms with van der Waals surface area (Å²) in [6, 6.07) is 12.4. The third-order valence-corrected chi connectivity index (χ3v) is 6.24. The molecule has 1 aliphatic rings. The number of alkyl halides is 2. The van der Waals surface area contributed by atoms with Gasteiger partial charge in [-0.25, -0.2) is 8.42 Å². The van der Waals surface area contributed by atoms with E-state index in [9.17, 15) is 27.3 Å². The molecule has 0 bridgehead atoms. The van der Waals surface area contributed by atoms with Gasteiger partial charge in [-0.15, -0.1) is 0 Å². The molecule has 29 heavy (non-hydrogen) atoms. The van der Waals surface area contributed by atoms with Crippen LogP contribution in [0.4, 0.5) is 20.2 Å². The average molecular weight is 426 g/mol. The molecule has 2 aromatic rings. The largest absolute Gasteiger partial charge is 0.379 e. The minimum absolute atomic E-state index is 0.0372. The number of ether oxygens (including phenoxy) is 1. The molecule has 0 radical (unpaired) electrons. The van der Waals surface area contributed by atoms with E-state index in [1.165, 1.54) is 0 Å². The summed E-state index contributed by atoms with van der Waals surface area (Å²) in [6.45, 7) is 0.970. The predicted molar refractivity (Wildman–Crippen MR) is 103 cm³/mol. The van der Waals surface area contributed by atoms with E-state index in [0.717, 1.165) is 30.5 Å². The van der Waals surface area contributed by atoms with Crippen molar-refractivity contribution < 1.29 is 26.9 Å². The zero-order chi connectivity index (χ0) is 21.0. The molecule has 7 nitrogen and oxygen atoms in total. The number of sulfone groups is 1. The maximum Gasteiger partial charge on any atom is 0.341 e. The fourth-order valence-electron chi connectivity index (χ4n) is 3.40. The van der Waals surface area contributed by atoms with Crippen LogP contribution in [-0.4, -0.2) is 32.3 Å². The van der Waals surface area contributed by atoms with Crippen molar-refractivity contribution in [1.82, 2.24) is 0 Å². The summed E-state index contributed by atoms with van der Waals surface area (Å²) in [5.74, 6) is -3.61. The van der Waals surface area contributed by atoms with Gasteiger partial charge in [-0.05, 0) is 30.5 Å². The highest BCUT2D eigenvalue weighted by molar-refractivity contribution is 7.91. The molecule has 0 spiro atoms. The van der Waals surface area contributed by atoms with Crippen LogP contribution in [0.25, 0.3) is 0 Å². The van der Waals surface area contributed by atoms with Crippen LogP contribution >= 0.6 is 0 Å². The molecular formula is C19H20F2N2O5S. The molecule has 1 fully saturated rings. The lowest BCUT2D eigenvalue weighted by Gasteiger charge is -2.32. The van der Waals surface area contributed by atoms with E-state index in [-0.39, 0.29) is 17.7 Å². The average Bonchev–Trinajstić information content (AvgIpc) is 2.72. The van der Waals surface area contributed by atoms with E-state index >= 15 is 0 Å². The zero-order valence-corrected chi connectivity index (χ0v) is 16.1. The van der Waals surface area contributed by atoms with Crippen LogP contribution in [0.1, 0.15) is 24.5 Å². The Morgan fingerprint density at radius 3 is 2.59 bits per heavy atom. The molecule has 3 rings (SSSR count). The summed E-state index contributed by atoms with van der Waals surface area (Å²) in [7, 11) is -4.92. The summed E-state index contributed by atoms with van der Waals surface area (Å²) in [5.41, 5.74) is 0.507. The predicted octanol–water partition coefficient (Wildman–Crippen LogP) is 4.17. The van der Waals surface area contributed by atoms with Gasteiger partial charge < -0.3 is 10.1 Å². The van der Waals surface area contributed by atoms with E-state index in [4.69, 9.17) is 4.74 Å². The van der Waals surface area contributed by atoms with E-state index in [1.54, 1.807) is 0 Å². The van der Waals surface area contributed by atoms with Crippen molar-refractivity contribution in [3.8, 4) is 0 Å². The summed E-state index contributed by atoms with van der Waals surface area (Å²) in [5, 5.41) is 14.3. The van der Waals surface area contributed by atoms with Crippen molar-refractivity contribution in [1.29, 1.82) is 0 Å². The number of hydrogen-bond acceptors (Lipinski definition) is 6. The van der Waals surface area contributed by atoms with E-state index < -0.39 is 31.1 Å². The molecule has 1 saturated heterocycles. The van der Waals surface area contributed by atoms with Gasteiger partial charge >= 0.3 is 5.76 Å². The van der Waals surface area contributed by atoms with Gasteiger partial charge in [0.05, 0.1) is 15.9 Å². The van der Waals surface area contributed by atoms with Crippen molar-refractivity contribution in [2.24, 2.45) is 5.92 Å². The molecule has 2 unspecified atom stereocenters. The molecule has 0 aliphatic carbocycles. The van der Waals surface area contributed by atoms with Gasteiger partial charge in [0, 0.05) is 25.1 Å². The summed E-state index contributed by atoms with van der Waals surface area (Å²) >= 11 is 0. The number of nitrogens with one attached hydrogen (secondary N) is 1. The highest BCUT2D eigenvalue weighted by Gasteiger charge is 2.31. The van der Waals surface area contributed by atoms with Crippen LogP contribution in [0.3, 0.4) is 0 Å². The Labute approximate surface area is 166 Å². The maximum absolute atomic E-state index is 12.7. The Balaban J connectivity index is 1.81. The van der Waals surface area contributed by atoms with Crippen molar-refractivity contribution in [2.45, 2.75) is 29.6 Å². The highest BCUT2D eigenvalue weighted by Crippen LogP contribution is 2.35. The van der Waals surface area contributed by atoms with Crippen LogP contribution in [-0.2, 0) is 14.6 Å². The third kappa shape index (κ3) is 4.70. The lowest BCUT2D eigenvalue weighted by Crippen LogP contribution is -2.28. The van der Waals surface area contributed by atoms with Crippen molar-refractivity contribution in [3.05, 3.63) is 64.2 Å². The summed E-state index contributed by atoms with van der Waals surface area (Å²) < 4.78 is 54.6. The molecule has 0 saturated carbocycles. The lowest BCUT2D eigenvalue weighted by atomic mass is 9.89. The van der Waals surface area contributed by atoms with Crippen LogP contribution in [0.5, 0.6) is 0 Å². The fourth-order valence-corrected chi connectivity index (χ4v) is 4.14. The van der Waals surface area contributed by atoms with Crippen molar-refractivity contribution in [3.63, 3.8) is 0 Å². The Kier molecular flexibility index (Phi) is 6.43. The van der Waals surface area contributed by atoms with Gasteiger partial charge in [-0.1, -0.05) is 30.3 Å². The molecular weight excluding hydrogens is 406 g/mol. The topological polar surface area (TPSA) is 98.5 Å². The van der Waals surface area contributed by atoms with Gasteiger partial charge in [-0.3, -0.25) is 10.1 Å². The smallest absolute Gasteiger partial charge is 0.341 e. The normalized spacial score (nSPS) is 19.8. The van der Waals surface area contributed by atoms with E-state index in [1.807, 2.05) is 30.3 Å². The molecule has 0 aromatic heterocycles. The molecule has 10 heteroatoms. The van der Waals surface area contributed by atoms with Gasteiger partial charge in [0.2, 0.25) is 9.84 Å². The Bertz CT molecular complexity index is 970. The second kappa shape index (κ2) is 8.83. The molecule has 1 heterocycles. The summed E-state index contributed by atoms with van der Waals surface area (Å²) in [6.07, 6.45) is 1.52. The van der Waals surface area contributed by atoms with Gasteiger partial charge in [0.25, 0.3) is 5.69 Å². The second-order valence-corrected chi connectivity index (χ2v) is 8.64. The van der Waals surface area contributed by atoms with Crippen LogP contribution in [0, 0.1) is 16.0 Å². The minimum Gasteiger partial charge on any atom is -0.379 e. The number of hydrogen-bond donors (Lipinski definition) is 1. The molecule has 2 aromatic carbocycles. The quantitative estimate of drug-likeness (QED) is 0.527. The Morgan fingerprint density at radius 1 is 1.21 bits per heavy atom. The van der Waals surface area contributed by atoms with Gasteiger partial charge in [0.15, 0.2) is 0 Å². The zero-order valence-electron chi connectivity index (χ0n) is 15.3. The Morgan fingerprint density at radius 2 is 1.93 bits per heavy atom. The first-order valence-electron chi connectivity index (χ1n) is 9.01. The number of benzene rings is 2. The fraction of sp³-hybridized carbons (Fsp3) is 0.368. The van der Waals surface area contributed by atoms with Crippen LogP contribution in [0.2, 0.25) is 0 Å². The molecule has 1 N–H and O–H groups in total. The van der Waals surface area contributed by atoms with E-state index in [0.29, 0.717) is 19.2 Å². The first kappa shape index (κ1) is 21.1. The number of rotatable bonds is 7. The maximum atomic E-state index is 12.7. The number of nitrogens with zero attached hydrogens (tertiary/aromatic N) is 1. The molecule has 1 aliphatic heterocycles. The van der Waals surface area contributed by atoms with Crippen molar-refractivity contribution in [2.75, 3.05) is 18.5 Å². The molecule has 156 valence electrons. The van der Waals surface area contributed by atoms with Crippen molar-refractivity contribution >= 4 is 21.2 Å². The minimum atomic E-state index is -4.92. The van der Waals surface area contributed by atoms with Crippen LogP contribution < -0.4 is 5.32 Å². The van der Waals surface area contributed by atoms with Gasteiger partial charge in [0.1, 0.15) is 5.69 Å². The number of nitro benzene ring substituents is 1. The number of halogens is 2. The number of anilines is 1. The van der Waals surface area contributed by atoms with Crippen LogP contribution in [0.15, 0.2) is 53.4 Å². The first-order valence-corrected chi connectivity index (χ1v) is 10.6. The third-order valence-electron chi connectivity index (χ3n) is 4.86. The SMILES string of the molecule is O=[N+]([O-])c1cc(S(=O)(=O)C(F)F)ccc1NCC1CCCOC1c1ccccc1. The Hall–Kier alpha value is -2.59. The molecule has 2 atom stereocenters. The van der Waals surface area contributed by atoms with Gasteiger partial charge in [-0.2, -0.15) is 8.78 Å². The monoisotopic (exact) mass is 426 g/mol. The number of nitro groups is 1. The second-order valence-electron chi connectivity index (χ2n) is 6.73. The summed E-state index contributed by atoms with van der Waals surface area (Å²) in [4.78, 5) is 9.79.